The molecule has 0 amide bonds. The van der Waals surface area contributed by atoms with E-state index in [0.717, 1.165) is 20.6 Å². The van der Waals surface area contributed by atoms with Gasteiger partial charge in [0.15, 0.2) is 5.78 Å². The Labute approximate surface area is 191 Å². The zero-order valence-corrected chi connectivity index (χ0v) is 19.1. The van der Waals surface area contributed by atoms with Crippen molar-refractivity contribution in [3.05, 3.63) is 77.3 Å². The highest BCUT2D eigenvalue weighted by atomic mass is 79.9. The van der Waals surface area contributed by atoms with Crippen LogP contribution in [0.2, 0.25) is 0 Å². The summed E-state index contributed by atoms with van der Waals surface area (Å²) in [5, 5.41) is 21.7. The lowest BCUT2D eigenvalue weighted by molar-refractivity contribution is -0.384. The quantitative estimate of drug-likeness (QED) is 0.452. The average molecular weight is 499 g/mol. The maximum Gasteiger partial charge on any atom is 0.293 e. The van der Waals surface area contributed by atoms with Gasteiger partial charge in [0, 0.05) is 38.0 Å². The van der Waals surface area contributed by atoms with E-state index >= 15 is 0 Å². The molecule has 1 aromatic carbocycles. The van der Waals surface area contributed by atoms with Crippen molar-refractivity contribution >= 4 is 44.4 Å². The first-order chi connectivity index (χ1) is 14.9. The van der Waals surface area contributed by atoms with E-state index < -0.39 is 10.8 Å². The lowest BCUT2D eigenvalue weighted by atomic mass is 9.78. The first-order valence-corrected chi connectivity index (χ1v) is 11.5. The Bertz CT molecular complexity index is 1210. The van der Waals surface area contributed by atoms with Crippen molar-refractivity contribution in [2.24, 2.45) is 5.73 Å². The average Bonchev–Trinajstić information content (AvgIpc) is 3.13. The second kappa shape index (κ2) is 8.29. The standard InChI is InChI=1S/C22H19BrN4O3S/c1-2-18-13(23)10-19(31-18)20-12(11-24)22(25)26(16-8-5-9-17(28)21(16)20)14-6-3-4-7-15(14)27(29)30/h3-4,6-7,10,20H,2,5,8-9,25H2,1H3. The van der Waals surface area contributed by atoms with Crippen LogP contribution < -0.4 is 10.6 Å². The lowest BCUT2D eigenvalue weighted by Crippen LogP contribution is -2.38. The minimum Gasteiger partial charge on any atom is -0.384 e. The Hall–Kier alpha value is -2.96. The van der Waals surface area contributed by atoms with Crippen LogP contribution >= 0.6 is 27.3 Å². The number of halogens is 1. The summed E-state index contributed by atoms with van der Waals surface area (Å²) in [7, 11) is 0. The zero-order chi connectivity index (χ0) is 22.3. The molecule has 0 bridgehead atoms. The maximum absolute atomic E-state index is 13.1. The smallest absolute Gasteiger partial charge is 0.293 e. The third kappa shape index (κ3) is 3.46. The molecule has 2 heterocycles. The molecule has 7 nitrogen and oxygen atoms in total. The number of nitrogens with two attached hydrogens (primary N) is 1. The van der Waals surface area contributed by atoms with Crippen molar-refractivity contribution in [3.63, 3.8) is 0 Å². The number of carbonyl (C=O) groups excluding carboxylic acids is 1. The molecule has 158 valence electrons. The molecule has 1 atom stereocenters. The summed E-state index contributed by atoms with van der Waals surface area (Å²) in [5.74, 6) is -0.469. The van der Waals surface area contributed by atoms with Crippen LogP contribution in [-0.2, 0) is 11.2 Å². The molecule has 9 heteroatoms. The first kappa shape index (κ1) is 21.3. The second-order valence-electron chi connectivity index (χ2n) is 7.34. The summed E-state index contributed by atoms with van der Waals surface area (Å²) in [6, 6.07) is 10.4. The van der Waals surface area contributed by atoms with Crippen molar-refractivity contribution in [2.45, 2.75) is 38.5 Å². The monoisotopic (exact) mass is 498 g/mol. The number of rotatable bonds is 4. The number of nitro groups is 1. The minimum atomic E-state index is -0.562. The second-order valence-corrected chi connectivity index (χ2v) is 9.36. The number of thiophene rings is 1. The van der Waals surface area contributed by atoms with Crippen LogP contribution in [0.3, 0.4) is 0 Å². The third-order valence-corrected chi connectivity index (χ3v) is 7.93. The van der Waals surface area contributed by atoms with E-state index in [-0.39, 0.29) is 28.6 Å². The number of ketones is 1. The maximum atomic E-state index is 13.1. The number of nitro benzene ring substituents is 1. The number of Topliss-reactive ketones (excluding diaryl/α,β-unsaturated/α-hetero) is 1. The Kier molecular flexibility index (Phi) is 5.69. The van der Waals surface area contributed by atoms with Gasteiger partial charge in [-0.05, 0) is 47.3 Å². The Balaban J connectivity index is 2.00. The number of hydrogen-bond donors (Lipinski definition) is 1. The third-order valence-electron chi connectivity index (χ3n) is 5.61. The zero-order valence-electron chi connectivity index (χ0n) is 16.7. The molecule has 0 spiro atoms. The van der Waals surface area contributed by atoms with Crippen LogP contribution in [0, 0.1) is 21.4 Å². The summed E-state index contributed by atoms with van der Waals surface area (Å²) in [4.78, 5) is 27.9. The normalized spacial score (nSPS) is 18.8. The van der Waals surface area contributed by atoms with Crippen LogP contribution in [0.15, 0.2) is 57.5 Å². The lowest BCUT2D eigenvalue weighted by Gasteiger charge is -2.38. The molecule has 0 saturated carbocycles. The van der Waals surface area contributed by atoms with Gasteiger partial charge in [-0.3, -0.25) is 19.8 Å². The van der Waals surface area contributed by atoms with Crippen molar-refractivity contribution in [2.75, 3.05) is 4.90 Å². The van der Waals surface area contributed by atoms with E-state index in [1.807, 2.05) is 13.0 Å². The van der Waals surface area contributed by atoms with E-state index in [0.29, 0.717) is 30.5 Å². The van der Waals surface area contributed by atoms with Gasteiger partial charge >= 0.3 is 0 Å². The van der Waals surface area contributed by atoms with E-state index in [9.17, 15) is 20.2 Å². The number of benzene rings is 1. The number of para-hydroxylation sites is 2. The molecule has 1 aliphatic heterocycles. The molecule has 0 fully saturated rings. The summed E-state index contributed by atoms with van der Waals surface area (Å²) < 4.78 is 0.942. The molecule has 0 radical (unpaired) electrons. The van der Waals surface area contributed by atoms with Crippen LogP contribution in [0.5, 0.6) is 0 Å². The Morgan fingerprint density at radius 2 is 2.13 bits per heavy atom. The number of anilines is 1. The SMILES string of the molecule is CCc1sc(C2C(C#N)=C(N)N(c3ccccc3[N+](=O)[O-])C3=C2C(=O)CCC3)cc1Br. The van der Waals surface area contributed by atoms with Gasteiger partial charge in [0.25, 0.3) is 5.69 Å². The van der Waals surface area contributed by atoms with Crippen molar-refractivity contribution in [3.8, 4) is 6.07 Å². The van der Waals surface area contributed by atoms with E-state index in [1.54, 1.807) is 34.4 Å². The van der Waals surface area contributed by atoms with Crippen LogP contribution in [0.25, 0.3) is 0 Å². The number of carbonyl (C=O) groups is 1. The Morgan fingerprint density at radius 3 is 2.77 bits per heavy atom. The molecule has 4 rings (SSSR count). The van der Waals surface area contributed by atoms with Crippen molar-refractivity contribution in [1.29, 1.82) is 5.26 Å². The van der Waals surface area contributed by atoms with Gasteiger partial charge < -0.3 is 5.73 Å². The van der Waals surface area contributed by atoms with Gasteiger partial charge in [-0.2, -0.15) is 5.26 Å². The molecule has 1 unspecified atom stereocenters. The van der Waals surface area contributed by atoms with Gasteiger partial charge in [0.1, 0.15) is 11.5 Å². The molecule has 1 aromatic heterocycles. The molecule has 1 aliphatic carbocycles. The largest absolute Gasteiger partial charge is 0.384 e. The van der Waals surface area contributed by atoms with Gasteiger partial charge in [-0.15, -0.1) is 11.3 Å². The highest BCUT2D eigenvalue weighted by molar-refractivity contribution is 9.10. The summed E-state index contributed by atoms with van der Waals surface area (Å²) >= 11 is 5.12. The topological polar surface area (TPSA) is 113 Å². The fourth-order valence-electron chi connectivity index (χ4n) is 4.26. The fraction of sp³-hybridized carbons (Fsp3) is 0.273. The number of allylic oxidation sites excluding steroid dienone is 3. The molecule has 2 aliphatic rings. The molecule has 0 saturated heterocycles. The molecule has 2 aromatic rings. The number of aryl methyl sites for hydroxylation is 1. The van der Waals surface area contributed by atoms with Crippen LogP contribution in [0.4, 0.5) is 11.4 Å². The van der Waals surface area contributed by atoms with Crippen LogP contribution in [0.1, 0.15) is 41.9 Å². The predicted molar refractivity (Wildman–Crippen MR) is 122 cm³/mol. The minimum absolute atomic E-state index is 0.0438. The first-order valence-electron chi connectivity index (χ1n) is 9.86. The predicted octanol–water partition coefficient (Wildman–Crippen LogP) is 5.29. The van der Waals surface area contributed by atoms with Gasteiger partial charge in [0.2, 0.25) is 0 Å². The van der Waals surface area contributed by atoms with Gasteiger partial charge in [-0.25, -0.2) is 0 Å². The summed E-state index contributed by atoms with van der Waals surface area (Å²) in [5.41, 5.74) is 8.04. The highest BCUT2D eigenvalue weighted by Crippen LogP contribution is 2.49. The summed E-state index contributed by atoms with van der Waals surface area (Å²) in [6.07, 6.45) is 2.38. The molecule has 31 heavy (non-hydrogen) atoms. The fourth-order valence-corrected chi connectivity index (χ4v) is 6.30. The number of nitrogens with zero attached hydrogens (tertiary/aromatic N) is 3. The molecular formula is C22H19BrN4O3S. The highest BCUT2D eigenvalue weighted by Gasteiger charge is 2.42. The number of hydrogen-bond acceptors (Lipinski definition) is 7. The van der Waals surface area contributed by atoms with E-state index in [1.165, 1.54) is 6.07 Å². The van der Waals surface area contributed by atoms with Gasteiger partial charge in [0.05, 0.1) is 22.5 Å². The Morgan fingerprint density at radius 1 is 1.39 bits per heavy atom. The van der Waals surface area contributed by atoms with Crippen LogP contribution in [-0.4, -0.2) is 10.7 Å². The van der Waals surface area contributed by atoms with Crippen molar-refractivity contribution < 1.29 is 9.72 Å². The summed E-state index contributed by atoms with van der Waals surface area (Å²) in [6.45, 7) is 2.05. The van der Waals surface area contributed by atoms with Crippen molar-refractivity contribution in [1.82, 2.24) is 0 Å². The van der Waals surface area contributed by atoms with E-state index in [2.05, 4.69) is 22.0 Å². The molecule has 2 N–H and O–H groups in total. The number of nitriles is 1. The van der Waals surface area contributed by atoms with E-state index in [4.69, 9.17) is 5.73 Å². The molecular weight excluding hydrogens is 480 g/mol. The van der Waals surface area contributed by atoms with Gasteiger partial charge in [-0.1, -0.05) is 19.1 Å².